The minimum atomic E-state index is -4.43. The van der Waals surface area contributed by atoms with E-state index in [4.69, 9.17) is 4.52 Å². The third kappa shape index (κ3) is 5.31. The van der Waals surface area contributed by atoms with Crippen molar-refractivity contribution in [3.8, 4) is 5.75 Å². The van der Waals surface area contributed by atoms with Crippen LogP contribution in [0.5, 0.6) is 5.75 Å². The normalized spacial score (nSPS) is 13.5. The van der Waals surface area contributed by atoms with Gasteiger partial charge in [-0.2, -0.15) is 0 Å². The van der Waals surface area contributed by atoms with E-state index in [1.54, 1.807) is 24.3 Å². The summed E-state index contributed by atoms with van der Waals surface area (Å²) >= 11 is 0. The van der Waals surface area contributed by atoms with Crippen LogP contribution < -0.4 is 9.83 Å². The van der Waals surface area contributed by atoms with Crippen LogP contribution in [0.2, 0.25) is 0 Å². The fourth-order valence-electron chi connectivity index (χ4n) is 2.78. The average molecular weight is 348 g/mol. The zero-order valence-electron chi connectivity index (χ0n) is 14.6. The quantitative estimate of drug-likeness (QED) is 0.501. The van der Waals surface area contributed by atoms with E-state index in [0.29, 0.717) is 17.0 Å². The average Bonchev–Trinajstić information content (AvgIpc) is 2.56. The molecule has 2 rings (SSSR count). The second-order valence-electron chi connectivity index (χ2n) is 6.82. The second kappa shape index (κ2) is 8.11. The number of hydrogen-bond donors (Lipinski definition) is 2. The van der Waals surface area contributed by atoms with Crippen molar-refractivity contribution in [3.05, 3.63) is 60.7 Å². The van der Waals surface area contributed by atoms with E-state index in [2.05, 4.69) is 13.8 Å². The van der Waals surface area contributed by atoms with Crippen LogP contribution in [0.1, 0.15) is 39.5 Å². The summed E-state index contributed by atoms with van der Waals surface area (Å²) < 4.78 is 5.84. The van der Waals surface area contributed by atoms with Gasteiger partial charge in [-0.25, -0.2) is 0 Å². The molecule has 2 N–H and O–H groups in total. The number of hydrogen-bond acceptors (Lipinski definition) is 3. The molecule has 0 unspecified atom stereocenters. The molecule has 0 amide bonds. The Bertz CT molecular complexity index is 611. The first kappa shape index (κ1) is 18.9. The molecular weight excluding hydrogens is 319 g/mol. The van der Waals surface area contributed by atoms with Crippen molar-refractivity contribution in [2.24, 2.45) is 5.92 Å². The van der Waals surface area contributed by atoms with Crippen LogP contribution in [-0.4, -0.2) is 15.9 Å². The van der Waals surface area contributed by atoms with Crippen molar-refractivity contribution in [1.29, 1.82) is 0 Å². The van der Waals surface area contributed by atoms with E-state index in [1.165, 1.54) is 0 Å². The van der Waals surface area contributed by atoms with E-state index in [1.807, 2.05) is 36.4 Å². The summed E-state index contributed by atoms with van der Waals surface area (Å²) in [5.74, 6) is 1.17. The first-order valence-electron chi connectivity index (χ1n) is 8.71. The molecule has 2 aromatic carbocycles. The third-order valence-corrected chi connectivity index (χ3v) is 7.21. The van der Waals surface area contributed by atoms with Crippen molar-refractivity contribution in [3.63, 3.8) is 0 Å². The van der Waals surface area contributed by atoms with Gasteiger partial charge in [0.2, 0.25) is 0 Å². The Kier molecular flexibility index (Phi) is 6.40. The molecule has 4 heteroatoms. The maximum absolute atomic E-state index is 11.3. The predicted octanol–water partition coefficient (Wildman–Crippen LogP) is 4.89. The van der Waals surface area contributed by atoms with Crippen molar-refractivity contribution >= 4 is 12.6 Å². The van der Waals surface area contributed by atoms with Crippen LogP contribution in [0.15, 0.2) is 60.7 Å². The Labute approximate surface area is 145 Å². The van der Waals surface area contributed by atoms with Gasteiger partial charge in [-0.1, -0.05) is 0 Å². The summed E-state index contributed by atoms with van der Waals surface area (Å²) in [6.07, 6.45) is 4.23. The zero-order chi connectivity index (χ0) is 17.5. The minimum absolute atomic E-state index is 0.253. The topological polar surface area (TPSA) is 49.7 Å². The Balaban J connectivity index is 2.15. The van der Waals surface area contributed by atoms with E-state index in [0.717, 1.165) is 25.7 Å². The van der Waals surface area contributed by atoms with E-state index < -0.39 is 7.28 Å². The number of para-hydroxylation sites is 1. The number of unbranched alkanes of at least 4 members (excludes halogenated alkanes) is 2. The molecule has 0 atom stereocenters. The molecule has 0 aliphatic carbocycles. The monoisotopic (exact) mass is 348 g/mol. The van der Waals surface area contributed by atoms with Gasteiger partial charge in [0, 0.05) is 0 Å². The zero-order valence-corrected chi connectivity index (χ0v) is 15.5. The van der Waals surface area contributed by atoms with Crippen LogP contribution in [-0.2, 0) is 0 Å². The van der Waals surface area contributed by atoms with Crippen molar-refractivity contribution in [1.82, 2.24) is 0 Å². The van der Waals surface area contributed by atoms with Gasteiger partial charge in [0.15, 0.2) is 0 Å². The van der Waals surface area contributed by atoms with Gasteiger partial charge < -0.3 is 0 Å². The molecular formula is C20H29O3P. The number of benzene rings is 2. The molecule has 2 aromatic rings. The summed E-state index contributed by atoms with van der Waals surface area (Å²) in [5.41, 5.74) is 0. The second-order valence-corrected chi connectivity index (χ2v) is 10.2. The van der Waals surface area contributed by atoms with Gasteiger partial charge in [0.25, 0.3) is 0 Å². The van der Waals surface area contributed by atoms with Crippen LogP contribution in [0.4, 0.5) is 0 Å². The van der Waals surface area contributed by atoms with Gasteiger partial charge >= 0.3 is 145 Å². The molecule has 132 valence electrons. The summed E-state index contributed by atoms with van der Waals surface area (Å²) in [5, 5.41) is 0.483. The van der Waals surface area contributed by atoms with Gasteiger partial charge in [-0.3, -0.25) is 0 Å². The molecule has 0 bridgehead atoms. The summed E-state index contributed by atoms with van der Waals surface area (Å²) in [6.45, 7) is 4.42. The molecule has 0 spiro atoms. The number of rotatable bonds is 9. The van der Waals surface area contributed by atoms with Crippen LogP contribution in [0.25, 0.3) is 0 Å². The maximum atomic E-state index is 11.3. The fraction of sp³-hybridized carbons (Fsp3) is 0.400. The summed E-state index contributed by atoms with van der Waals surface area (Å²) in [6, 6.07) is 18.1. The molecule has 0 heterocycles. The molecule has 0 fully saturated rings. The van der Waals surface area contributed by atoms with Crippen LogP contribution >= 0.6 is 7.28 Å². The molecule has 0 aromatic heterocycles. The van der Waals surface area contributed by atoms with E-state index in [-0.39, 0.29) is 6.16 Å². The Morgan fingerprint density at radius 2 is 1.42 bits per heavy atom. The molecule has 0 aliphatic rings. The van der Waals surface area contributed by atoms with E-state index in [9.17, 15) is 9.79 Å². The first-order valence-corrected chi connectivity index (χ1v) is 11.0. The summed E-state index contributed by atoms with van der Waals surface area (Å²) in [7, 11) is -4.43. The van der Waals surface area contributed by atoms with Gasteiger partial charge in [-0.15, -0.1) is 0 Å². The SMILES string of the molecule is CC(C)CCCCCP(O)(O)(Oc1ccccc1)c1ccccc1. The Morgan fingerprint density at radius 3 is 2.00 bits per heavy atom. The molecule has 0 saturated carbocycles. The standard InChI is InChI=1S/C20H29O3P/c1-18(2)12-6-5-11-17-24(21,22,20-15-9-4-10-16-20)23-19-13-7-3-8-14-19/h3-4,7-10,13-16,18,21-22H,5-6,11-12,17H2,1-2H3. The molecule has 3 nitrogen and oxygen atoms in total. The van der Waals surface area contributed by atoms with Crippen LogP contribution in [0, 0.1) is 5.92 Å². The van der Waals surface area contributed by atoms with Gasteiger partial charge in [0.1, 0.15) is 0 Å². The van der Waals surface area contributed by atoms with Gasteiger partial charge in [-0.05, 0) is 0 Å². The van der Waals surface area contributed by atoms with Gasteiger partial charge in [0.05, 0.1) is 0 Å². The Hall–Kier alpha value is -1.41. The predicted molar refractivity (Wildman–Crippen MR) is 103 cm³/mol. The summed E-state index contributed by atoms with van der Waals surface area (Å²) in [4.78, 5) is 22.5. The van der Waals surface area contributed by atoms with E-state index >= 15 is 0 Å². The van der Waals surface area contributed by atoms with Crippen molar-refractivity contribution < 1.29 is 14.3 Å². The third-order valence-electron chi connectivity index (χ3n) is 4.16. The van der Waals surface area contributed by atoms with Crippen molar-refractivity contribution in [2.45, 2.75) is 39.5 Å². The molecule has 0 radical (unpaired) electrons. The van der Waals surface area contributed by atoms with Crippen LogP contribution in [0.3, 0.4) is 0 Å². The van der Waals surface area contributed by atoms with Crippen molar-refractivity contribution in [2.75, 3.05) is 6.16 Å². The first-order chi connectivity index (χ1) is 11.4. The molecule has 0 saturated heterocycles. The fourth-order valence-corrected chi connectivity index (χ4v) is 5.37. The molecule has 24 heavy (non-hydrogen) atoms. The molecule has 0 aliphatic heterocycles. The Morgan fingerprint density at radius 1 is 0.833 bits per heavy atom.